The zero-order valence-electron chi connectivity index (χ0n) is 9.40. The third-order valence-electron chi connectivity index (χ3n) is 2.32. The van der Waals surface area contributed by atoms with E-state index in [0.717, 1.165) is 12.0 Å². The normalized spacial score (nSPS) is 12.5. The molecule has 1 heteroatoms. The van der Waals surface area contributed by atoms with Crippen molar-refractivity contribution in [3.8, 4) is 12.3 Å². The van der Waals surface area contributed by atoms with Crippen LogP contribution in [-0.4, -0.2) is 5.11 Å². The Morgan fingerprint density at radius 3 is 2.33 bits per heavy atom. The van der Waals surface area contributed by atoms with Crippen molar-refractivity contribution in [2.45, 2.75) is 32.8 Å². The van der Waals surface area contributed by atoms with Gasteiger partial charge in [0.15, 0.2) is 0 Å². The molecule has 0 saturated heterocycles. The van der Waals surface area contributed by atoms with E-state index in [-0.39, 0.29) is 0 Å². The molecule has 0 fully saturated rings. The molecule has 1 unspecified atom stereocenters. The van der Waals surface area contributed by atoms with Crippen molar-refractivity contribution >= 4 is 0 Å². The molecule has 80 valence electrons. The minimum Gasteiger partial charge on any atom is -0.387 e. The van der Waals surface area contributed by atoms with Crippen molar-refractivity contribution < 1.29 is 5.11 Å². The minimum atomic E-state index is -0.525. The summed E-state index contributed by atoms with van der Waals surface area (Å²) in [6, 6.07) is 8.05. The molecular formula is C14H18O. The molecule has 0 saturated carbocycles. The highest BCUT2D eigenvalue weighted by molar-refractivity contribution is 5.25. The molecule has 0 radical (unpaired) electrons. The Morgan fingerprint density at radius 2 is 1.87 bits per heavy atom. The van der Waals surface area contributed by atoms with E-state index in [0.29, 0.717) is 12.3 Å². The lowest BCUT2D eigenvalue weighted by Crippen LogP contribution is -1.98. The third kappa shape index (κ3) is 3.77. The summed E-state index contributed by atoms with van der Waals surface area (Å²) in [4.78, 5) is 0. The van der Waals surface area contributed by atoms with Crippen LogP contribution in [0.25, 0.3) is 0 Å². The smallest absolute Gasteiger partial charge is 0.0899 e. The van der Waals surface area contributed by atoms with Crippen molar-refractivity contribution in [3.05, 3.63) is 35.4 Å². The Hall–Kier alpha value is -1.26. The first kappa shape index (κ1) is 11.8. The molecule has 0 aliphatic rings. The van der Waals surface area contributed by atoms with Crippen molar-refractivity contribution in [2.24, 2.45) is 5.92 Å². The molecule has 1 aromatic rings. The number of aliphatic hydroxyl groups excluding tert-OH is 1. The summed E-state index contributed by atoms with van der Waals surface area (Å²) >= 11 is 0. The van der Waals surface area contributed by atoms with Gasteiger partial charge in [-0.25, -0.2) is 0 Å². The molecule has 0 aliphatic carbocycles. The molecule has 1 N–H and O–H groups in total. The summed E-state index contributed by atoms with van der Waals surface area (Å²) < 4.78 is 0. The predicted molar refractivity (Wildman–Crippen MR) is 63.4 cm³/mol. The maximum absolute atomic E-state index is 9.65. The van der Waals surface area contributed by atoms with E-state index in [4.69, 9.17) is 6.42 Å². The Morgan fingerprint density at radius 1 is 1.27 bits per heavy atom. The van der Waals surface area contributed by atoms with Gasteiger partial charge in [0.25, 0.3) is 0 Å². The molecular weight excluding hydrogens is 184 g/mol. The highest BCUT2D eigenvalue weighted by Crippen LogP contribution is 2.17. The summed E-state index contributed by atoms with van der Waals surface area (Å²) in [5.41, 5.74) is 2.21. The van der Waals surface area contributed by atoms with Crippen LogP contribution >= 0.6 is 0 Å². The van der Waals surface area contributed by atoms with E-state index in [1.54, 1.807) is 0 Å². The van der Waals surface area contributed by atoms with Crippen LogP contribution in [0.2, 0.25) is 0 Å². The average Bonchev–Trinajstić information content (AvgIpc) is 2.18. The lowest BCUT2D eigenvalue weighted by atomic mass is 9.99. The molecule has 0 bridgehead atoms. The highest BCUT2D eigenvalue weighted by Gasteiger charge is 2.05. The average molecular weight is 202 g/mol. The van der Waals surface area contributed by atoms with Gasteiger partial charge in [-0.2, -0.15) is 0 Å². The van der Waals surface area contributed by atoms with Crippen LogP contribution in [0.15, 0.2) is 24.3 Å². The molecule has 0 amide bonds. The Labute approximate surface area is 92.1 Å². The number of rotatable bonds is 4. The van der Waals surface area contributed by atoms with Gasteiger partial charge in [0.1, 0.15) is 0 Å². The van der Waals surface area contributed by atoms with Gasteiger partial charge in [-0.3, -0.25) is 0 Å². The lowest BCUT2D eigenvalue weighted by Gasteiger charge is -2.09. The monoisotopic (exact) mass is 202 g/mol. The van der Waals surface area contributed by atoms with Crippen LogP contribution in [0, 0.1) is 18.3 Å². The maximum Gasteiger partial charge on any atom is 0.0899 e. The Kier molecular flexibility index (Phi) is 4.39. The first-order valence-corrected chi connectivity index (χ1v) is 5.34. The third-order valence-corrected chi connectivity index (χ3v) is 2.32. The fourth-order valence-electron chi connectivity index (χ4n) is 1.58. The van der Waals surface area contributed by atoms with Gasteiger partial charge in [0.05, 0.1) is 6.10 Å². The van der Waals surface area contributed by atoms with Crippen LogP contribution in [0.3, 0.4) is 0 Å². The Balaban J connectivity index is 2.68. The van der Waals surface area contributed by atoms with E-state index >= 15 is 0 Å². The van der Waals surface area contributed by atoms with Crippen LogP contribution < -0.4 is 0 Å². The van der Waals surface area contributed by atoms with Crippen LogP contribution in [0.4, 0.5) is 0 Å². The van der Waals surface area contributed by atoms with Crippen molar-refractivity contribution in [1.29, 1.82) is 0 Å². The van der Waals surface area contributed by atoms with E-state index < -0.39 is 6.10 Å². The van der Waals surface area contributed by atoms with Gasteiger partial charge in [0.2, 0.25) is 0 Å². The zero-order chi connectivity index (χ0) is 11.3. The van der Waals surface area contributed by atoms with Gasteiger partial charge >= 0.3 is 0 Å². The first-order valence-electron chi connectivity index (χ1n) is 5.34. The van der Waals surface area contributed by atoms with Gasteiger partial charge in [0, 0.05) is 6.42 Å². The van der Waals surface area contributed by atoms with E-state index in [2.05, 4.69) is 31.9 Å². The van der Waals surface area contributed by atoms with Crippen LogP contribution in [0.1, 0.15) is 37.5 Å². The summed E-state index contributed by atoms with van der Waals surface area (Å²) in [6.07, 6.45) is 6.08. The largest absolute Gasteiger partial charge is 0.387 e. The Bertz CT molecular complexity index is 329. The molecule has 1 atom stereocenters. The molecule has 1 nitrogen and oxygen atoms in total. The molecule has 0 spiro atoms. The van der Waals surface area contributed by atoms with Gasteiger partial charge in [-0.1, -0.05) is 38.1 Å². The zero-order valence-corrected chi connectivity index (χ0v) is 9.40. The molecule has 15 heavy (non-hydrogen) atoms. The van der Waals surface area contributed by atoms with Crippen molar-refractivity contribution in [3.63, 3.8) is 0 Å². The number of terminal acetylenes is 1. The maximum atomic E-state index is 9.65. The fourth-order valence-corrected chi connectivity index (χ4v) is 1.58. The number of hydrogen-bond donors (Lipinski definition) is 1. The predicted octanol–water partition coefficient (Wildman–Crippen LogP) is 2.94. The second kappa shape index (κ2) is 5.58. The molecule has 1 aromatic carbocycles. The minimum absolute atomic E-state index is 0.378. The highest BCUT2D eigenvalue weighted by atomic mass is 16.3. The first-order chi connectivity index (χ1) is 7.13. The van der Waals surface area contributed by atoms with E-state index in [1.165, 1.54) is 5.56 Å². The summed E-state index contributed by atoms with van der Waals surface area (Å²) in [5, 5.41) is 9.65. The van der Waals surface area contributed by atoms with E-state index in [9.17, 15) is 5.11 Å². The van der Waals surface area contributed by atoms with Gasteiger partial charge < -0.3 is 5.11 Å². The molecule has 0 heterocycles. The number of benzene rings is 1. The number of hydrogen-bond acceptors (Lipinski definition) is 1. The molecule has 0 aliphatic heterocycles. The van der Waals surface area contributed by atoms with Crippen molar-refractivity contribution in [1.82, 2.24) is 0 Å². The van der Waals surface area contributed by atoms with Crippen molar-refractivity contribution in [2.75, 3.05) is 0 Å². The van der Waals surface area contributed by atoms with Crippen LogP contribution in [-0.2, 0) is 6.42 Å². The van der Waals surface area contributed by atoms with E-state index in [1.807, 2.05) is 12.1 Å². The second-order valence-corrected chi connectivity index (χ2v) is 4.26. The lowest BCUT2D eigenvalue weighted by molar-refractivity contribution is 0.184. The summed E-state index contributed by atoms with van der Waals surface area (Å²) in [6.45, 7) is 4.39. The number of aliphatic hydroxyl groups is 1. The van der Waals surface area contributed by atoms with Crippen LogP contribution in [0.5, 0.6) is 0 Å². The summed E-state index contributed by atoms with van der Waals surface area (Å²) in [5.74, 6) is 3.12. The fraction of sp³-hybridized carbons (Fsp3) is 0.429. The molecule has 1 rings (SSSR count). The summed E-state index contributed by atoms with van der Waals surface area (Å²) in [7, 11) is 0. The SMILES string of the molecule is C#CCC(O)c1ccc(CC(C)C)cc1. The second-order valence-electron chi connectivity index (χ2n) is 4.26. The van der Waals surface area contributed by atoms with Gasteiger partial charge in [-0.15, -0.1) is 12.3 Å². The standard InChI is InChI=1S/C14H18O/c1-4-5-14(15)13-8-6-12(7-9-13)10-11(2)3/h1,6-9,11,14-15H,5,10H2,2-3H3. The topological polar surface area (TPSA) is 20.2 Å². The molecule has 0 aromatic heterocycles. The quantitative estimate of drug-likeness (QED) is 0.744. The van der Waals surface area contributed by atoms with Gasteiger partial charge in [-0.05, 0) is 23.5 Å².